The molecular weight excluding hydrogens is 328 g/mol. The second-order valence-electron chi connectivity index (χ2n) is 7.01. The van der Waals surface area contributed by atoms with E-state index in [0.29, 0.717) is 12.2 Å². The molecule has 0 saturated heterocycles. The molecule has 0 aromatic heterocycles. The Labute approximate surface area is 160 Å². The minimum absolute atomic E-state index is 0.276. The molecule has 26 heavy (non-hydrogen) atoms. The number of carbonyl (C=O) groups excluding carboxylic acids is 2. The van der Waals surface area contributed by atoms with Crippen molar-refractivity contribution in [3.05, 3.63) is 24.0 Å². The summed E-state index contributed by atoms with van der Waals surface area (Å²) in [5.74, 6) is -0.985. The molecule has 0 aromatic carbocycles. The highest BCUT2D eigenvalue weighted by Crippen LogP contribution is 2.12. The molecule has 0 rings (SSSR count). The predicted molar refractivity (Wildman–Crippen MR) is 107 cm³/mol. The number of esters is 2. The van der Waals surface area contributed by atoms with Gasteiger partial charge >= 0.3 is 11.9 Å². The Hall–Kier alpha value is -1.58. The fourth-order valence-electron chi connectivity index (χ4n) is 2.51. The maximum atomic E-state index is 11.7. The molecule has 0 atom stereocenters. The van der Waals surface area contributed by atoms with E-state index >= 15 is 0 Å². The quantitative estimate of drug-likeness (QED) is 0.140. The van der Waals surface area contributed by atoms with Crippen molar-refractivity contribution in [3.63, 3.8) is 0 Å². The van der Waals surface area contributed by atoms with Crippen molar-refractivity contribution in [2.75, 3.05) is 6.61 Å². The van der Waals surface area contributed by atoms with Crippen LogP contribution < -0.4 is 0 Å². The highest BCUT2D eigenvalue weighted by atomic mass is 16.5. The van der Waals surface area contributed by atoms with E-state index in [2.05, 4.69) is 13.5 Å². The van der Waals surface area contributed by atoms with E-state index in [1.807, 2.05) is 0 Å². The molecule has 0 heterocycles. The largest absolute Gasteiger partial charge is 0.462 e. The molecule has 0 N–H and O–H groups in total. The fourth-order valence-corrected chi connectivity index (χ4v) is 2.51. The average molecular weight is 367 g/mol. The van der Waals surface area contributed by atoms with E-state index in [-0.39, 0.29) is 5.57 Å². The fraction of sp³-hybridized carbons (Fsp3) is 0.727. The number of hydrogen-bond donors (Lipinski definition) is 0. The first kappa shape index (κ1) is 24.4. The second-order valence-corrected chi connectivity index (χ2v) is 7.01. The summed E-state index contributed by atoms with van der Waals surface area (Å²) < 4.78 is 9.97. The van der Waals surface area contributed by atoms with Gasteiger partial charge in [-0.2, -0.15) is 0 Å². The smallest absolute Gasteiger partial charge is 0.337 e. The van der Waals surface area contributed by atoms with Gasteiger partial charge < -0.3 is 9.47 Å². The topological polar surface area (TPSA) is 52.6 Å². The van der Waals surface area contributed by atoms with Crippen LogP contribution in [-0.2, 0) is 19.1 Å². The number of ether oxygens (including phenoxy) is 2. The maximum Gasteiger partial charge on any atom is 0.337 e. The summed E-state index contributed by atoms with van der Waals surface area (Å²) in [4.78, 5) is 23.0. The van der Waals surface area contributed by atoms with Gasteiger partial charge in [-0.05, 0) is 20.3 Å². The summed E-state index contributed by atoms with van der Waals surface area (Å²) in [5, 5.41) is 0. The molecule has 0 bridgehead atoms. The number of carbonyl (C=O) groups is 2. The first-order valence-corrected chi connectivity index (χ1v) is 10.2. The minimum atomic E-state index is -0.543. The third-order valence-electron chi connectivity index (χ3n) is 4.24. The average Bonchev–Trinajstić information content (AvgIpc) is 2.62. The predicted octanol–water partition coefficient (Wildman–Crippen LogP) is 6.25. The number of unbranched alkanes of at least 4 members (excludes halogenated alkanes) is 11. The normalized spacial score (nSPS) is 11.3. The lowest BCUT2D eigenvalue weighted by atomic mass is 10.1. The van der Waals surface area contributed by atoms with Gasteiger partial charge in [-0.1, -0.05) is 84.1 Å². The zero-order valence-electron chi connectivity index (χ0n) is 17.1. The van der Waals surface area contributed by atoms with Gasteiger partial charge in [0.25, 0.3) is 0 Å². The van der Waals surface area contributed by atoms with Gasteiger partial charge in [-0.15, -0.1) is 0 Å². The molecular formula is C22H38O4. The third-order valence-corrected chi connectivity index (χ3v) is 4.24. The van der Waals surface area contributed by atoms with E-state index in [1.165, 1.54) is 64.2 Å². The van der Waals surface area contributed by atoms with Crippen LogP contribution >= 0.6 is 0 Å². The van der Waals surface area contributed by atoms with Crippen LogP contribution in [0.4, 0.5) is 0 Å². The lowest BCUT2D eigenvalue weighted by Crippen LogP contribution is -2.09. The molecule has 0 amide bonds. The van der Waals surface area contributed by atoms with Crippen molar-refractivity contribution in [2.24, 2.45) is 0 Å². The molecule has 4 nitrogen and oxygen atoms in total. The van der Waals surface area contributed by atoms with E-state index in [4.69, 9.17) is 9.47 Å². The van der Waals surface area contributed by atoms with Crippen molar-refractivity contribution in [2.45, 2.75) is 97.8 Å². The number of hydrogen-bond acceptors (Lipinski definition) is 4. The molecule has 0 spiro atoms. The summed E-state index contributed by atoms with van der Waals surface area (Å²) in [6.07, 6.45) is 16.4. The van der Waals surface area contributed by atoms with Gasteiger partial charge in [0.05, 0.1) is 12.2 Å². The zero-order valence-corrected chi connectivity index (χ0v) is 17.1. The van der Waals surface area contributed by atoms with E-state index in [9.17, 15) is 9.59 Å². The number of rotatable bonds is 16. The van der Waals surface area contributed by atoms with Crippen LogP contribution in [0, 0.1) is 0 Å². The van der Waals surface area contributed by atoms with Crippen molar-refractivity contribution >= 4 is 11.9 Å². The first-order valence-electron chi connectivity index (χ1n) is 10.2. The van der Waals surface area contributed by atoms with Gasteiger partial charge in [0, 0.05) is 5.57 Å². The van der Waals surface area contributed by atoms with Crippen LogP contribution in [0.3, 0.4) is 0 Å². The van der Waals surface area contributed by atoms with Gasteiger partial charge in [0.15, 0.2) is 0 Å². The van der Waals surface area contributed by atoms with E-state index in [1.54, 1.807) is 13.8 Å². The highest BCUT2D eigenvalue weighted by molar-refractivity contribution is 5.90. The summed E-state index contributed by atoms with van der Waals surface area (Å²) in [6, 6.07) is 0. The minimum Gasteiger partial charge on any atom is -0.462 e. The molecule has 0 aliphatic heterocycles. The van der Waals surface area contributed by atoms with Crippen LogP contribution in [0.15, 0.2) is 24.0 Å². The van der Waals surface area contributed by atoms with Crippen LogP contribution in [0.1, 0.15) is 97.8 Å². The Morgan fingerprint density at radius 1 is 0.769 bits per heavy atom. The van der Waals surface area contributed by atoms with Crippen molar-refractivity contribution in [1.29, 1.82) is 0 Å². The second kappa shape index (κ2) is 16.9. The zero-order chi connectivity index (χ0) is 19.6. The van der Waals surface area contributed by atoms with Gasteiger partial charge in [0.2, 0.25) is 0 Å². The summed E-state index contributed by atoms with van der Waals surface area (Å²) in [7, 11) is 0. The Balaban J connectivity index is 3.49. The van der Waals surface area contributed by atoms with Gasteiger partial charge in [-0.3, -0.25) is 0 Å². The van der Waals surface area contributed by atoms with Gasteiger partial charge in [0.1, 0.15) is 6.26 Å². The van der Waals surface area contributed by atoms with Crippen LogP contribution in [0.25, 0.3) is 0 Å². The maximum absolute atomic E-state index is 11.7. The SMILES string of the molecule is C=C(C)C(=O)OC=C(C)C(=O)OCCCCCCCCCCCCCC. The van der Waals surface area contributed by atoms with Crippen LogP contribution in [-0.4, -0.2) is 18.5 Å². The van der Waals surface area contributed by atoms with Crippen LogP contribution in [0.2, 0.25) is 0 Å². The molecule has 0 aliphatic rings. The van der Waals surface area contributed by atoms with Crippen molar-refractivity contribution in [1.82, 2.24) is 0 Å². The standard InChI is InChI=1S/C22H38O4/c1-5-6-7-8-9-10-11-12-13-14-15-16-17-25-22(24)20(4)18-26-21(23)19(2)3/h18H,2,5-17H2,1,3-4H3. The highest BCUT2D eigenvalue weighted by Gasteiger charge is 2.08. The summed E-state index contributed by atoms with van der Waals surface area (Å²) >= 11 is 0. The summed E-state index contributed by atoms with van der Waals surface area (Å²) in [6.45, 7) is 9.26. The molecule has 0 fully saturated rings. The molecule has 0 unspecified atom stereocenters. The Bertz CT molecular complexity index is 437. The Kier molecular flexibility index (Phi) is 15.8. The Morgan fingerprint density at radius 2 is 1.23 bits per heavy atom. The van der Waals surface area contributed by atoms with Crippen molar-refractivity contribution < 1.29 is 19.1 Å². The third kappa shape index (κ3) is 14.7. The first-order chi connectivity index (χ1) is 12.5. The lowest BCUT2D eigenvalue weighted by molar-refractivity contribution is -0.139. The van der Waals surface area contributed by atoms with Gasteiger partial charge in [-0.25, -0.2) is 9.59 Å². The molecule has 150 valence electrons. The van der Waals surface area contributed by atoms with E-state index < -0.39 is 11.9 Å². The molecule has 0 aromatic rings. The van der Waals surface area contributed by atoms with Crippen molar-refractivity contribution in [3.8, 4) is 0 Å². The van der Waals surface area contributed by atoms with E-state index in [0.717, 1.165) is 19.1 Å². The summed E-state index contributed by atoms with van der Waals surface area (Å²) in [5.41, 5.74) is 0.567. The monoisotopic (exact) mass is 366 g/mol. The molecule has 0 saturated carbocycles. The molecule has 0 radical (unpaired) electrons. The Morgan fingerprint density at radius 3 is 1.69 bits per heavy atom. The lowest BCUT2D eigenvalue weighted by Gasteiger charge is -2.06. The molecule has 4 heteroatoms. The molecule has 0 aliphatic carbocycles. The van der Waals surface area contributed by atoms with Crippen LogP contribution in [0.5, 0.6) is 0 Å².